The molecular weight excluding hydrogens is 423 g/mol. The number of methoxy groups -OCH3 is 1. The minimum atomic E-state index is -3.77. The molecule has 9 heteroatoms. The second kappa shape index (κ2) is 9.03. The van der Waals surface area contributed by atoms with E-state index in [-0.39, 0.29) is 21.8 Å². The highest BCUT2D eigenvalue weighted by Gasteiger charge is 2.30. The van der Waals surface area contributed by atoms with E-state index in [0.29, 0.717) is 5.75 Å². The average Bonchev–Trinajstić information content (AvgIpc) is 2.59. The summed E-state index contributed by atoms with van der Waals surface area (Å²) in [5.74, 6) is 0.251. The Hall–Kier alpha value is -1.96. The third kappa shape index (κ3) is 5.53. The van der Waals surface area contributed by atoms with Crippen LogP contribution < -0.4 is 14.4 Å². The summed E-state index contributed by atoms with van der Waals surface area (Å²) >= 11 is 12.0. The smallest absolute Gasteiger partial charge is 0.244 e. The molecule has 0 unspecified atom stereocenters. The van der Waals surface area contributed by atoms with Crippen molar-refractivity contribution in [1.82, 2.24) is 5.32 Å². The minimum absolute atomic E-state index is 0.222. The number of nitrogens with zero attached hydrogens (tertiary/aromatic N) is 1. The molecule has 2 rings (SSSR count). The second-order valence-corrected chi connectivity index (χ2v) is 9.10. The Bertz CT molecular complexity index is 929. The molecule has 0 fully saturated rings. The van der Waals surface area contributed by atoms with Crippen molar-refractivity contribution < 1.29 is 17.9 Å². The molecular formula is C19H22Cl2N2O4S. The topological polar surface area (TPSA) is 75.7 Å². The van der Waals surface area contributed by atoms with Crippen molar-refractivity contribution in [2.24, 2.45) is 0 Å². The SMILES string of the molecule is COc1ccc([C@H](C)NC(=O)[C@@H](C)N(c2cc(Cl)cc(Cl)c2)S(C)(=O)=O)cc1. The van der Waals surface area contributed by atoms with Gasteiger partial charge < -0.3 is 10.1 Å². The van der Waals surface area contributed by atoms with Gasteiger partial charge >= 0.3 is 0 Å². The molecule has 0 bridgehead atoms. The molecule has 152 valence electrons. The lowest BCUT2D eigenvalue weighted by Crippen LogP contribution is -2.48. The van der Waals surface area contributed by atoms with Crippen LogP contribution in [0.15, 0.2) is 42.5 Å². The summed E-state index contributed by atoms with van der Waals surface area (Å²) in [5.41, 5.74) is 1.08. The molecule has 0 aliphatic carbocycles. The first-order valence-corrected chi connectivity index (χ1v) is 11.0. The maximum Gasteiger partial charge on any atom is 0.244 e. The molecule has 1 N–H and O–H groups in total. The van der Waals surface area contributed by atoms with Crippen LogP contribution in [0.4, 0.5) is 5.69 Å². The summed E-state index contributed by atoms with van der Waals surface area (Å²) in [6, 6.07) is 10.3. The number of benzene rings is 2. The highest BCUT2D eigenvalue weighted by Crippen LogP contribution is 2.29. The van der Waals surface area contributed by atoms with Crippen LogP contribution in [0.1, 0.15) is 25.5 Å². The number of carbonyl (C=O) groups excluding carboxylic acids is 1. The van der Waals surface area contributed by atoms with Gasteiger partial charge in [0.15, 0.2) is 0 Å². The fraction of sp³-hybridized carbons (Fsp3) is 0.316. The zero-order valence-corrected chi connectivity index (χ0v) is 18.3. The highest BCUT2D eigenvalue weighted by atomic mass is 35.5. The second-order valence-electron chi connectivity index (χ2n) is 6.37. The Balaban J connectivity index is 2.25. The standard InChI is InChI=1S/C19H22Cl2N2O4S/c1-12(14-5-7-18(27-3)8-6-14)22-19(24)13(2)23(28(4,25)26)17-10-15(20)9-16(21)11-17/h5-13H,1-4H3,(H,22,24)/t12-,13+/m0/s1. The lowest BCUT2D eigenvalue weighted by Gasteiger charge is -2.29. The molecule has 6 nitrogen and oxygen atoms in total. The Morgan fingerprint density at radius 3 is 2.07 bits per heavy atom. The van der Waals surface area contributed by atoms with E-state index in [9.17, 15) is 13.2 Å². The van der Waals surface area contributed by atoms with Crippen molar-refractivity contribution in [1.29, 1.82) is 0 Å². The first kappa shape index (κ1) is 22.3. The predicted octanol–water partition coefficient (Wildman–Crippen LogP) is 4.03. The van der Waals surface area contributed by atoms with Crippen LogP contribution in [0.3, 0.4) is 0 Å². The van der Waals surface area contributed by atoms with Gasteiger partial charge in [0.1, 0.15) is 11.8 Å². The van der Waals surface area contributed by atoms with Crippen LogP contribution in [0.5, 0.6) is 5.75 Å². The molecule has 0 saturated heterocycles. The number of hydrogen-bond acceptors (Lipinski definition) is 4. The number of amides is 1. The van der Waals surface area contributed by atoms with Crippen molar-refractivity contribution in [2.75, 3.05) is 17.7 Å². The summed E-state index contributed by atoms with van der Waals surface area (Å²) < 4.78 is 30.9. The van der Waals surface area contributed by atoms with Gasteiger partial charge in [0.25, 0.3) is 0 Å². The molecule has 0 radical (unpaired) electrons. The molecule has 2 aromatic rings. The quantitative estimate of drug-likeness (QED) is 0.698. The van der Waals surface area contributed by atoms with Gasteiger partial charge in [-0.15, -0.1) is 0 Å². The molecule has 28 heavy (non-hydrogen) atoms. The fourth-order valence-electron chi connectivity index (χ4n) is 2.79. The first-order chi connectivity index (χ1) is 13.0. The summed E-state index contributed by atoms with van der Waals surface area (Å²) in [4.78, 5) is 12.8. The summed E-state index contributed by atoms with van der Waals surface area (Å²) in [6.07, 6.45) is 1.03. The molecule has 2 atom stereocenters. The minimum Gasteiger partial charge on any atom is -0.497 e. The summed E-state index contributed by atoms with van der Waals surface area (Å²) in [6.45, 7) is 3.32. The van der Waals surface area contributed by atoms with Crippen molar-refractivity contribution in [3.8, 4) is 5.75 Å². The molecule has 1 amide bonds. The van der Waals surface area contributed by atoms with E-state index in [1.165, 1.54) is 25.1 Å². The van der Waals surface area contributed by atoms with Crippen LogP contribution in [0.2, 0.25) is 10.0 Å². The van der Waals surface area contributed by atoms with E-state index in [0.717, 1.165) is 16.1 Å². The van der Waals surface area contributed by atoms with E-state index in [1.54, 1.807) is 19.2 Å². The number of halogens is 2. The van der Waals surface area contributed by atoms with Gasteiger partial charge in [-0.3, -0.25) is 9.10 Å². The third-order valence-corrected chi connectivity index (χ3v) is 5.84. The molecule has 0 aliphatic rings. The molecule has 0 heterocycles. The van der Waals surface area contributed by atoms with Crippen molar-refractivity contribution in [3.63, 3.8) is 0 Å². The van der Waals surface area contributed by atoms with E-state index in [1.807, 2.05) is 19.1 Å². The fourth-order valence-corrected chi connectivity index (χ4v) is 4.46. The summed E-state index contributed by atoms with van der Waals surface area (Å²) in [7, 11) is -2.19. The number of nitrogens with one attached hydrogen (secondary N) is 1. The van der Waals surface area contributed by atoms with Crippen molar-refractivity contribution in [3.05, 3.63) is 58.1 Å². The monoisotopic (exact) mass is 444 g/mol. The van der Waals surface area contributed by atoms with Gasteiger partial charge in [0, 0.05) is 10.0 Å². The van der Waals surface area contributed by atoms with Crippen LogP contribution in [-0.4, -0.2) is 33.7 Å². The largest absolute Gasteiger partial charge is 0.497 e. The third-order valence-electron chi connectivity index (χ3n) is 4.16. The molecule has 0 aliphatic heterocycles. The number of hydrogen-bond donors (Lipinski definition) is 1. The highest BCUT2D eigenvalue weighted by molar-refractivity contribution is 7.92. The molecule has 0 saturated carbocycles. The zero-order valence-electron chi connectivity index (χ0n) is 15.9. The molecule has 0 aromatic heterocycles. The van der Waals surface area contributed by atoms with Crippen LogP contribution >= 0.6 is 23.2 Å². The van der Waals surface area contributed by atoms with E-state index in [4.69, 9.17) is 27.9 Å². The maximum atomic E-state index is 12.8. The number of ether oxygens (including phenoxy) is 1. The van der Waals surface area contributed by atoms with Gasteiger partial charge in [-0.25, -0.2) is 8.42 Å². The number of rotatable bonds is 7. The van der Waals surface area contributed by atoms with Gasteiger partial charge in [0.05, 0.1) is 25.1 Å². The molecule has 2 aromatic carbocycles. The van der Waals surface area contributed by atoms with Gasteiger partial charge in [-0.2, -0.15) is 0 Å². The van der Waals surface area contributed by atoms with Crippen LogP contribution in [0.25, 0.3) is 0 Å². The van der Waals surface area contributed by atoms with Crippen LogP contribution in [-0.2, 0) is 14.8 Å². The van der Waals surface area contributed by atoms with Gasteiger partial charge in [-0.05, 0) is 49.7 Å². The van der Waals surface area contributed by atoms with Gasteiger partial charge in [0.2, 0.25) is 15.9 Å². The Labute approximate surface area is 175 Å². The Morgan fingerprint density at radius 1 is 1.07 bits per heavy atom. The van der Waals surface area contributed by atoms with Crippen molar-refractivity contribution >= 4 is 44.8 Å². The maximum absolute atomic E-state index is 12.8. The van der Waals surface area contributed by atoms with E-state index in [2.05, 4.69) is 5.32 Å². The first-order valence-electron chi connectivity index (χ1n) is 8.42. The molecule has 0 spiro atoms. The Morgan fingerprint density at radius 2 is 1.61 bits per heavy atom. The average molecular weight is 445 g/mol. The predicted molar refractivity (Wildman–Crippen MR) is 113 cm³/mol. The van der Waals surface area contributed by atoms with E-state index >= 15 is 0 Å². The lowest BCUT2D eigenvalue weighted by molar-refractivity contribution is -0.122. The summed E-state index contributed by atoms with van der Waals surface area (Å²) in [5, 5.41) is 3.38. The van der Waals surface area contributed by atoms with Gasteiger partial charge in [-0.1, -0.05) is 35.3 Å². The number of carbonyl (C=O) groups is 1. The lowest BCUT2D eigenvalue weighted by atomic mass is 10.1. The normalized spacial score (nSPS) is 13.5. The zero-order chi connectivity index (χ0) is 21.1. The number of anilines is 1. The van der Waals surface area contributed by atoms with E-state index < -0.39 is 22.0 Å². The van der Waals surface area contributed by atoms with Crippen molar-refractivity contribution in [2.45, 2.75) is 25.9 Å². The number of sulfonamides is 1. The Kier molecular flexibility index (Phi) is 7.20. The van der Waals surface area contributed by atoms with Crippen LogP contribution in [0, 0.1) is 0 Å².